The fourth-order valence-electron chi connectivity index (χ4n) is 1.84. The number of sulfonamides is 1. The maximum Gasteiger partial charge on any atom is 0.274 e. The number of benzene rings is 1. The lowest BCUT2D eigenvalue weighted by Gasteiger charge is -2.13. The zero-order valence-corrected chi connectivity index (χ0v) is 13.9. The molecule has 0 N–H and O–H groups in total. The molecule has 0 atom stereocenters. The molecular formula is C11H5Br2NO3S2. The number of hydrogen-bond acceptors (Lipinski definition) is 4. The van der Waals surface area contributed by atoms with E-state index in [0.29, 0.717) is 13.9 Å². The van der Waals surface area contributed by atoms with Crippen LogP contribution in [0.3, 0.4) is 0 Å². The summed E-state index contributed by atoms with van der Waals surface area (Å²) in [6.07, 6.45) is 0. The largest absolute Gasteiger partial charge is 0.274 e. The molecule has 2 heterocycles. The van der Waals surface area contributed by atoms with E-state index in [1.807, 2.05) is 0 Å². The first-order valence-corrected chi connectivity index (χ1v) is 8.96. The molecule has 0 saturated heterocycles. The highest BCUT2D eigenvalue weighted by atomic mass is 79.9. The standard InChI is InChI=1S/C11H5Br2NO3S2/c12-7-5-18-11(9(7)13)14-10(15)6-3-1-2-4-8(6)19(14,16)17/h1-5H. The van der Waals surface area contributed by atoms with Crippen molar-refractivity contribution < 1.29 is 13.2 Å². The predicted molar refractivity (Wildman–Crippen MR) is 80.2 cm³/mol. The van der Waals surface area contributed by atoms with Gasteiger partial charge in [0.25, 0.3) is 15.9 Å². The van der Waals surface area contributed by atoms with Crippen molar-refractivity contribution in [3.05, 3.63) is 44.2 Å². The number of carbonyl (C=O) groups is 1. The van der Waals surface area contributed by atoms with Gasteiger partial charge in [-0.2, -0.15) is 4.31 Å². The van der Waals surface area contributed by atoms with Gasteiger partial charge in [-0.3, -0.25) is 4.79 Å². The molecule has 1 aliphatic rings. The molecule has 1 aromatic heterocycles. The number of anilines is 1. The molecule has 98 valence electrons. The molecule has 8 heteroatoms. The van der Waals surface area contributed by atoms with Crippen LogP contribution >= 0.6 is 43.2 Å². The van der Waals surface area contributed by atoms with E-state index in [2.05, 4.69) is 31.9 Å². The topological polar surface area (TPSA) is 54.5 Å². The minimum absolute atomic E-state index is 0.0522. The van der Waals surface area contributed by atoms with Crippen molar-refractivity contribution in [2.24, 2.45) is 0 Å². The quantitative estimate of drug-likeness (QED) is 0.705. The first-order valence-electron chi connectivity index (χ1n) is 5.06. The Balaban J connectivity index is 2.27. The highest BCUT2D eigenvalue weighted by Crippen LogP contribution is 2.44. The van der Waals surface area contributed by atoms with Crippen LogP contribution in [0.2, 0.25) is 0 Å². The summed E-state index contributed by atoms with van der Waals surface area (Å²) >= 11 is 7.76. The van der Waals surface area contributed by atoms with Crippen molar-refractivity contribution in [1.29, 1.82) is 0 Å². The molecule has 0 bridgehead atoms. The number of nitrogens with zero attached hydrogens (tertiary/aromatic N) is 1. The summed E-state index contributed by atoms with van der Waals surface area (Å²) in [6, 6.07) is 6.21. The third kappa shape index (κ3) is 1.81. The van der Waals surface area contributed by atoms with Gasteiger partial charge in [0.2, 0.25) is 0 Å². The van der Waals surface area contributed by atoms with Gasteiger partial charge in [0.15, 0.2) is 0 Å². The molecule has 2 aromatic rings. The van der Waals surface area contributed by atoms with E-state index < -0.39 is 15.9 Å². The molecule has 0 aliphatic carbocycles. The van der Waals surface area contributed by atoms with Crippen molar-refractivity contribution in [2.75, 3.05) is 4.31 Å². The third-order valence-electron chi connectivity index (χ3n) is 2.68. The molecular weight excluding hydrogens is 418 g/mol. The SMILES string of the molecule is O=C1c2ccccc2S(=O)(=O)N1c1scc(Br)c1Br. The number of amides is 1. The summed E-state index contributed by atoms with van der Waals surface area (Å²) in [7, 11) is -3.81. The Labute approximate surface area is 130 Å². The Morgan fingerprint density at radius 2 is 1.84 bits per heavy atom. The lowest BCUT2D eigenvalue weighted by atomic mass is 10.2. The molecule has 0 radical (unpaired) electrons. The zero-order valence-electron chi connectivity index (χ0n) is 9.13. The van der Waals surface area contributed by atoms with Crippen LogP contribution < -0.4 is 4.31 Å². The van der Waals surface area contributed by atoms with Crippen LogP contribution in [0.4, 0.5) is 5.00 Å². The second-order valence-electron chi connectivity index (χ2n) is 3.77. The van der Waals surface area contributed by atoms with E-state index in [4.69, 9.17) is 0 Å². The number of rotatable bonds is 1. The summed E-state index contributed by atoms with van der Waals surface area (Å²) in [6.45, 7) is 0. The summed E-state index contributed by atoms with van der Waals surface area (Å²) in [4.78, 5) is 12.3. The molecule has 3 rings (SSSR count). The predicted octanol–water partition coefficient (Wildman–Crippen LogP) is 3.62. The number of halogens is 2. The van der Waals surface area contributed by atoms with Crippen LogP contribution in [0.15, 0.2) is 43.5 Å². The average molecular weight is 423 g/mol. The van der Waals surface area contributed by atoms with E-state index in [9.17, 15) is 13.2 Å². The highest BCUT2D eigenvalue weighted by Gasteiger charge is 2.43. The lowest BCUT2D eigenvalue weighted by molar-refractivity contribution is 0.101. The smallest absolute Gasteiger partial charge is 0.267 e. The third-order valence-corrected chi connectivity index (χ3v) is 8.02. The van der Waals surface area contributed by atoms with Gasteiger partial charge >= 0.3 is 0 Å². The van der Waals surface area contributed by atoms with E-state index in [1.165, 1.54) is 23.5 Å². The summed E-state index contributed by atoms with van der Waals surface area (Å²) in [5.74, 6) is -0.523. The molecule has 1 aromatic carbocycles. The van der Waals surface area contributed by atoms with Gasteiger partial charge in [-0.1, -0.05) is 12.1 Å². The molecule has 4 nitrogen and oxygen atoms in total. The monoisotopic (exact) mass is 421 g/mol. The second-order valence-corrected chi connectivity index (χ2v) is 8.03. The van der Waals surface area contributed by atoms with Crippen molar-refractivity contribution in [3.8, 4) is 0 Å². The van der Waals surface area contributed by atoms with Gasteiger partial charge in [0.05, 0.1) is 10.0 Å². The summed E-state index contributed by atoms with van der Waals surface area (Å²) < 4.78 is 27.0. The normalized spacial score (nSPS) is 16.7. The van der Waals surface area contributed by atoms with Gasteiger partial charge in [0.1, 0.15) is 9.90 Å². The number of carbonyl (C=O) groups excluding carboxylic acids is 1. The van der Waals surface area contributed by atoms with Crippen molar-refractivity contribution >= 4 is 64.1 Å². The van der Waals surface area contributed by atoms with Gasteiger partial charge in [-0.15, -0.1) is 11.3 Å². The Morgan fingerprint density at radius 1 is 1.16 bits per heavy atom. The number of thiophene rings is 1. The molecule has 0 saturated carbocycles. The van der Waals surface area contributed by atoms with Gasteiger partial charge in [-0.25, -0.2) is 8.42 Å². The van der Waals surface area contributed by atoms with Crippen LogP contribution in [-0.2, 0) is 10.0 Å². The van der Waals surface area contributed by atoms with Crippen molar-refractivity contribution in [3.63, 3.8) is 0 Å². The highest BCUT2D eigenvalue weighted by molar-refractivity contribution is 9.13. The molecule has 0 unspecified atom stereocenters. The first-order chi connectivity index (χ1) is 8.94. The molecule has 0 spiro atoms. The lowest BCUT2D eigenvalue weighted by Crippen LogP contribution is -2.29. The van der Waals surface area contributed by atoms with E-state index in [-0.39, 0.29) is 10.5 Å². The average Bonchev–Trinajstić information content (AvgIpc) is 2.79. The summed E-state index contributed by atoms with van der Waals surface area (Å²) in [5, 5.41) is 2.08. The minimum Gasteiger partial charge on any atom is -0.267 e. The van der Waals surface area contributed by atoms with Crippen LogP contribution in [0.25, 0.3) is 0 Å². The number of hydrogen-bond donors (Lipinski definition) is 0. The van der Waals surface area contributed by atoms with Crippen LogP contribution in [-0.4, -0.2) is 14.3 Å². The maximum absolute atomic E-state index is 12.4. The zero-order chi connectivity index (χ0) is 13.8. The van der Waals surface area contributed by atoms with Crippen LogP contribution in [0.5, 0.6) is 0 Å². The van der Waals surface area contributed by atoms with Crippen LogP contribution in [0.1, 0.15) is 10.4 Å². The van der Waals surface area contributed by atoms with Crippen molar-refractivity contribution in [1.82, 2.24) is 0 Å². The van der Waals surface area contributed by atoms with E-state index >= 15 is 0 Å². The Bertz CT molecular complexity index is 798. The molecule has 1 amide bonds. The van der Waals surface area contributed by atoms with Crippen LogP contribution in [0, 0.1) is 0 Å². The second kappa shape index (κ2) is 4.41. The molecule has 1 aliphatic heterocycles. The number of fused-ring (bicyclic) bond motifs is 1. The maximum atomic E-state index is 12.4. The van der Waals surface area contributed by atoms with Gasteiger partial charge < -0.3 is 0 Å². The van der Waals surface area contributed by atoms with Gasteiger partial charge in [-0.05, 0) is 44.0 Å². The van der Waals surface area contributed by atoms with Crippen molar-refractivity contribution in [2.45, 2.75) is 4.90 Å². The Hall–Kier alpha value is -0.700. The van der Waals surface area contributed by atoms with E-state index in [0.717, 1.165) is 4.31 Å². The fraction of sp³-hybridized carbons (Fsp3) is 0. The summed E-state index contributed by atoms with van der Waals surface area (Å²) in [5.41, 5.74) is 0.207. The first kappa shape index (κ1) is 13.3. The molecule has 0 fully saturated rings. The minimum atomic E-state index is -3.81. The van der Waals surface area contributed by atoms with Gasteiger partial charge in [0, 0.05) is 9.85 Å². The van der Waals surface area contributed by atoms with E-state index in [1.54, 1.807) is 17.5 Å². The Kier molecular flexibility index (Phi) is 3.08. The Morgan fingerprint density at radius 3 is 2.42 bits per heavy atom. The molecule has 19 heavy (non-hydrogen) atoms. The fourth-order valence-corrected chi connectivity index (χ4v) is 5.93.